The molecule has 3 aromatic carbocycles. The van der Waals surface area contributed by atoms with E-state index in [-0.39, 0.29) is 25.9 Å². The van der Waals surface area contributed by atoms with Gasteiger partial charge in [-0.2, -0.15) is 0 Å². The second-order valence-corrected chi connectivity index (χ2v) is 10.3. The number of hydrogen-bond acceptors (Lipinski definition) is 4. The molecule has 1 aromatic heterocycles. The Morgan fingerprint density at radius 1 is 0.875 bits per heavy atom. The molecule has 0 saturated heterocycles. The molecule has 0 spiro atoms. The number of allylic oxidation sites excluding steroid dienone is 1. The number of rotatable bonds is 6. The number of nitrogens with zero attached hydrogens (tertiary/aromatic N) is 2. The normalized spacial score (nSPS) is 11.8. The van der Waals surface area contributed by atoms with Crippen molar-refractivity contribution < 1.29 is 30.3 Å². The molecule has 5 heteroatoms. The van der Waals surface area contributed by atoms with Gasteiger partial charge in [-0.25, -0.2) is 0 Å². The van der Waals surface area contributed by atoms with Gasteiger partial charge in [0.2, 0.25) is 0 Å². The van der Waals surface area contributed by atoms with Gasteiger partial charge in [-0.15, -0.1) is 34.9 Å². The van der Waals surface area contributed by atoms with Crippen molar-refractivity contribution >= 4 is 0 Å². The van der Waals surface area contributed by atoms with Gasteiger partial charge in [0.25, 0.3) is 0 Å². The summed E-state index contributed by atoms with van der Waals surface area (Å²) in [7, 11) is 0. The van der Waals surface area contributed by atoms with E-state index in [2.05, 4.69) is 96.1 Å². The molecule has 0 aliphatic carbocycles. The molecule has 0 aliphatic heterocycles. The molecular weight excluding hydrogens is 673 g/mol. The topological polar surface area (TPSA) is 66.2 Å². The predicted molar refractivity (Wildman–Crippen MR) is 163 cm³/mol. The average molecular weight is 714 g/mol. The Morgan fingerprint density at radius 3 is 2.02 bits per heavy atom. The van der Waals surface area contributed by atoms with Crippen LogP contribution in [0.2, 0.25) is 0 Å². The quantitative estimate of drug-likeness (QED) is 0.155. The van der Waals surface area contributed by atoms with Crippen LogP contribution in [0, 0.1) is 47.6 Å². The van der Waals surface area contributed by atoms with Gasteiger partial charge in [0.1, 0.15) is 0 Å². The summed E-state index contributed by atoms with van der Waals surface area (Å²) in [5.74, 6) is 0.268. The maximum Gasteiger partial charge on any atom is 0.0905 e. The molecule has 4 aromatic rings. The maximum atomic E-state index is 8.92. The Morgan fingerprint density at radius 2 is 1.48 bits per heavy atom. The molecule has 1 radical (unpaired) electrons. The average Bonchev–Trinajstić information content (AvgIpc) is 2.87. The van der Waals surface area contributed by atoms with Gasteiger partial charge in [-0.1, -0.05) is 75.2 Å². The SMILES string of the molecule is CCC(O)=CC(O)CC.Cc1[c-]c(-c2ncc(-c3c(C)cccc3C)nc2-c2cc(C)cc(C)c2)cc(C)c1.[Ir]. The van der Waals surface area contributed by atoms with E-state index in [4.69, 9.17) is 20.2 Å². The first-order chi connectivity index (χ1) is 18.5. The van der Waals surface area contributed by atoms with Crippen molar-refractivity contribution in [3.8, 4) is 33.8 Å². The minimum absolute atomic E-state index is 0. The largest absolute Gasteiger partial charge is 0.513 e. The van der Waals surface area contributed by atoms with Crippen molar-refractivity contribution in [3.05, 3.63) is 106 Å². The molecule has 1 unspecified atom stereocenters. The zero-order valence-corrected chi connectivity index (χ0v) is 27.3. The van der Waals surface area contributed by atoms with Gasteiger partial charge in [0.05, 0.1) is 23.3 Å². The van der Waals surface area contributed by atoms with Gasteiger partial charge in [-0.3, -0.25) is 4.98 Å². The van der Waals surface area contributed by atoms with Crippen molar-refractivity contribution in [1.82, 2.24) is 9.97 Å². The Labute approximate surface area is 253 Å². The summed E-state index contributed by atoms with van der Waals surface area (Å²) in [5.41, 5.74) is 13.1. The number of aliphatic hydroxyl groups excluding tert-OH is 2. The summed E-state index contributed by atoms with van der Waals surface area (Å²) in [5, 5.41) is 17.8. The molecular formula is C35H41IrN2O2-. The molecule has 0 bridgehead atoms. The summed E-state index contributed by atoms with van der Waals surface area (Å²) in [6.45, 7) is 16.4. The fourth-order valence-corrected chi connectivity index (χ4v) is 4.72. The van der Waals surface area contributed by atoms with Crippen molar-refractivity contribution in [1.29, 1.82) is 0 Å². The van der Waals surface area contributed by atoms with E-state index in [0.29, 0.717) is 12.8 Å². The second kappa shape index (κ2) is 15.0. The van der Waals surface area contributed by atoms with Gasteiger partial charge in [0.15, 0.2) is 0 Å². The molecule has 1 atom stereocenters. The zero-order chi connectivity index (χ0) is 28.7. The molecule has 1 heterocycles. The van der Waals surface area contributed by atoms with E-state index in [1.54, 1.807) is 0 Å². The van der Waals surface area contributed by atoms with Gasteiger partial charge >= 0.3 is 0 Å². The van der Waals surface area contributed by atoms with E-state index in [1.807, 2.05) is 20.0 Å². The standard InChI is InChI=1S/C28H27N2.C7H14O2.Ir/c1-17-10-18(2)13-23(12-17)27-28(24-14-19(3)11-20(4)15-24)30-25(16-29-27)26-21(5)8-7-9-22(26)6;1-3-6(8)5-7(9)4-2;/h7-12,14-16H,1-6H3;5-6,8-9H,3-4H2,1-2H3;/q-1;;. The van der Waals surface area contributed by atoms with E-state index in [1.165, 1.54) is 33.9 Å². The Kier molecular flexibility index (Phi) is 12.4. The number of aromatic nitrogens is 2. The molecule has 4 rings (SSSR count). The van der Waals surface area contributed by atoms with Crippen molar-refractivity contribution in [2.45, 2.75) is 74.3 Å². The number of hydrogen-bond donors (Lipinski definition) is 2. The molecule has 0 amide bonds. The maximum absolute atomic E-state index is 8.92. The van der Waals surface area contributed by atoms with E-state index >= 15 is 0 Å². The summed E-state index contributed by atoms with van der Waals surface area (Å²) < 4.78 is 0. The minimum atomic E-state index is -0.482. The fraction of sp³-hybridized carbons (Fsp3) is 0.314. The number of aliphatic hydroxyl groups is 2. The van der Waals surface area contributed by atoms with Crippen LogP contribution in [0.3, 0.4) is 0 Å². The van der Waals surface area contributed by atoms with Crippen LogP contribution in [0.5, 0.6) is 0 Å². The number of aryl methyl sites for hydroxylation is 6. The third-order valence-electron chi connectivity index (χ3n) is 6.57. The van der Waals surface area contributed by atoms with E-state index in [0.717, 1.165) is 39.3 Å². The smallest absolute Gasteiger partial charge is 0.0905 e. The minimum Gasteiger partial charge on any atom is -0.513 e. The monoisotopic (exact) mass is 714 g/mol. The van der Waals surface area contributed by atoms with Crippen LogP contribution in [0.4, 0.5) is 0 Å². The molecule has 0 fully saturated rings. The third-order valence-corrected chi connectivity index (χ3v) is 6.57. The summed E-state index contributed by atoms with van der Waals surface area (Å²) in [6, 6.07) is 20.7. The van der Waals surface area contributed by atoms with Crippen LogP contribution in [0.15, 0.2) is 66.6 Å². The van der Waals surface area contributed by atoms with Gasteiger partial charge in [-0.05, 0) is 56.9 Å². The van der Waals surface area contributed by atoms with Crippen LogP contribution in [-0.4, -0.2) is 26.3 Å². The second-order valence-electron chi connectivity index (χ2n) is 10.3. The molecule has 40 heavy (non-hydrogen) atoms. The molecule has 213 valence electrons. The summed E-state index contributed by atoms with van der Waals surface area (Å²) in [6.07, 6.45) is 4.15. The van der Waals surface area contributed by atoms with Crippen molar-refractivity contribution in [3.63, 3.8) is 0 Å². The first-order valence-corrected chi connectivity index (χ1v) is 13.6. The molecule has 2 N–H and O–H groups in total. The Hall–Kier alpha value is -3.11. The van der Waals surface area contributed by atoms with Crippen LogP contribution in [0.25, 0.3) is 33.8 Å². The van der Waals surface area contributed by atoms with Crippen molar-refractivity contribution in [2.24, 2.45) is 0 Å². The van der Waals surface area contributed by atoms with Crippen LogP contribution in [-0.2, 0) is 20.1 Å². The predicted octanol–water partition coefficient (Wildman–Crippen LogP) is 8.74. The number of benzene rings is 3. The Balaban J connectivity index is 0.000000486. The van der Waals surface area contributed by atoms with Crippen LogP contribution < -0.4 is 0 Å². The fourth-order valence-electron chi connectivity index (χ4n) is 4.72. The first kappa shape index (κ1) is 33.1. The van der Waals surface area contributed by atoms with Crippen molar-refractivity contribution in [2.75, 3.05) is 0 Å². The van der Waals surface area contributed by atoms with Crippen LogP contribution >= 0.6 is 0 Å². The van der Waals surface area contributed by atoms with Crippen LogP contribution in [0.1, 0.15) is 60.1 Å². The molecule has 0 aliphatic rings. The Bertz CT molecular complexity index is 1420. The molecule has 4 nitrogen and oxygen atoms in total. The molecule has 0 saturated carbocycles. The summed E-state index contributed by atoms with van der Waals surface area (Å²) in [4.78, 5) is 10.1. The zero-order valence-electron chi connectivity index (χ0n) is 24.9. The van der Waals surface area contributed by atoms with E-state index < -0.39 is 6.10 Å². The van der Waals surface area contributed by atoms with E-state index in [9.17, 15) is 0 Å². The van der Waals surface area contributed by atoms with Gasteiger partial charge < -0.3 is 15.2 Å². The third kappa shape index (κ3) is 8.69. The first-order valence-electron chi connectivity index (χ1n) is 13.6. The van der Waals surface area contributed by atoms with Gasteiger partial charge in [0, 0.05) is 44.0 Å². The summed E-state index contributed by atoms with van der Waals surface area (Å²) >= 11 is 0.